The van der Waals surface area contributed by atoms with Gasteiger partial charge in [-0.15, -0.1) is 0 Å². The van der Waals surface area contributed by atoms with Crippen LogP contribution in [-0.2, 0) is 14.3 Å². The molecule has 1 heterocycles. The highest BCUT2D eigenvalue weighted by Crippen LogP contribution is 2.46. The third kappa shape index (κ3) is 3.63. The van der Waals surface area contributed by atoms with Gasteiger partial charge in [0.05, 0.1) is 31.8 Å². The standard InChI is InChI=1S/C22H27NO5/c1-12(2)28-22(25)19-13(3)23-16-7-6-8-17(24)21(16)20(19)15-11-14(26-4)9-10-18(15)27-5/h9-12,20,23H,6-8H2,1-5H3/t20-/m0/s1. The van der Waals surface area contributed by atoms with Gasteiger partial charge in [0.2, 0.25) is 0 Å². The van der Waals surface area contributed by atoms with Crippen LogP contribution in [0.4, 0.5) is 0 Å². The largest absolute Gasteiger partial charge is 0.497 e. The lowest BCUT2D eigenvalue weighted by atomic mass is 9.75. The molecule has 6 heteroatoms. The van der Waals surface area contributed by atoms with E-state index in [1.54, 1.807) is 26.4 Å². The van der Waals surface area contributed by atoms with E-state index in [-0.39, 0.29) is 11.9 Å². The fourth-order valence-corrected chi connectivity index (χ4v) is 3.91. The third-order valence-corrected chi connectivity index (χ3v) is 5.09. The maximum absolute atomic E-state index is 13.0. The minimum Gasteiger partial charge on any atom is -0.497 e. The van der Waals surface area contributed by atoms with Gasteiger partial charge in [0.25, 0.3) is 0 Å². The van der Waals surface area contributed by atoms with E-state index in [1.807, 2.05) is 26.8 Å². The molecule has 0 bridgehead atoms. The molecule has 0 amide bonds. The van der Waals surface area contributed by atoms with Gasteiger partial charge in [0, 0.05) is 29.0 Å². The second-order valence-corrected chi connectivity index (χ2v) is 7.33. The molecule has 1 aliphatic carbocycles. The van der Waals surface area contributed by atoms with E-state index in [1.165, 1.54) is 0 Å². The van der Waals surface area contributed by atoms with Crippen LogP contribution >= 0.6 is 0 Å². The van der Waals surface area contributed by atoms with Crippen molar-refractivity contribution in [2.24, 2.45) is 0 Å². The Kier molecular flexibility index (Phi) is 5.77. The molecule has 0 radical (unpaired) electrons. The van der Waals surface area contributed by atoms with Gasteiger partial charge >= 0.3 is 5.97 Å². The number of dihydropyridines is 1. The van der Waals surface area contributed by atoms with Crippen LogP contribution in [0.25, 0.3) is 0 Å². The molecule has 150 valence electrons. The van der Waals surface area contributed by atoms with Crippen molar-refractivity contribution in [3.63, 3.8) is 0 Å². The van der Waals surface area contributed by atoms with Gasteiger partial charge in [0.15, 0.2) is 5.78 Å². The van der Waals surface area contributed by atoms with Crippen LogP contribution in [-0.4, -0.2) is 32.1 Å². The molecule has 1 aromatic carbocycles. The van der Waals surface area contributed by atoms with Crippen molar-refractivity contribution in [1.29, 1.82) is 0 Å². The monoisotopic (exact) mass is 385 g/mol. The first-order valence-corrected chi connectivity index (χ1v) is 9.54. The number of allylic oxidation sites excluding steroid dienone is 3. The van der Waals surface area contributed by atoms with Crippen LogP contribution in [0.5, 0.6) is 11.5 Å². The van der Waals surface area contributed by atoms with Crippen LogP contribution in [0.1, 0.15) is 51.5 Å². The average Bonchev–Trinajstić information content (AvgIpc) is 2.65. The van der Waals surface area contributed by atoms with E-state index in [2.05, 4.69) is 5.32 Å². The fourth-order valence-electron chi connectivity index (χ4n) is 3.91. The van der Waals surface area contributed by atoms with E-state index >= 15 is 0 Å². The highest BCUT2D eigenvalue weighted by Gasteiger charge is 2.40. The first-order chi connectivity index (χ1) is 13.4. The van der Waals surface area contributed by atoms with E-state index in [9.17, 15) is 9.59 Å². The SMILES string of the molecule is COc1ccc(OC)c([C@H]2C(C(=O)OC(C)C)=C(C)NC3=C2C(=O)CCC3)c1. The van der Waals surface area contributed by atoms with Gasteiger partial charge in [0.1, 0.15) is 11.5 Å². The van der Waals surface area contributed by atoms with Crippen molar-refractivity contribution in [3.8, 4) is 11.5 Å². The number of carbonyl (C=O) groups excluding carboxylic acids is 2. The molecule has 1 N–H and O–H groups in total. The number of nitrogens with one attached hydrogen (secondary N) is 1. The van der Waals surface area contributed by atoms with Gasteiger partial charge in [-0.2, -0.15) is 0 Å². The fraction of sp³-hybridized carbons (Fsp3) is 0.455. The molecule has 0 aromatic heterocycles. The molecule has 1 aliphatic heterocycles. The summed E-state index contributed by atoms with van der Waals surface area (Å²) in [6.07, 6.45) is 1.77. The summed E-state index contributed by atoms with van der Waals surface area (Å²) in [5, 5.41) is 3.28. The molecule has 1 aromatic rings. The van der Waals surface area contributed by atoms with Gasteiger partial charge in [-0.25, -0.2) is 4.79 Å². The predicted molar refractivity (Wildman–Crippen MR) is 105 cm³/mol. The lowest BCUT2D eigenvalue weighted by Crippen LogP contribution is -2.35. The number of esters is 1. The number of methoxy groups -OCH3 is 2. The van der Waals surface area contributed by atoms with Crippen molar-refractivity contribution in [2.45, 2.75) is 52.1 Å². The second kappa shape index (κ2) is 8.09. The maximum Gasteiger partial charge on any atom is 0.337 e. The summed E-state index contributed by atoms with van der Waals surface area (Å²) < 4.78 is 16.5. The van der Waals surface area contributed by atoms with Gasteiger partial charge in [-0.3, -0.25) is 4.79 Å². The minimum absolute atomic E-state index is 0.0472. The van der Waals surface area contributed by atoms with Crippen LogP contribution in [0.2, 0.25) is 0 Å². The Labute approximate surface area is 165 Å². The Morgan fingerprint density at radius 1 is 1.18 bits per heavy atom. The zero-order chi connectivity index (χ0) is 20.4. The van der Waals surface area contributed by atoms with Gasteiger partial charge < -0.3 is 19.5 Å². The molecule has 1 atom stereocenters. The molecule has 2 aliphatic rings. The molecule has 3 rings (SSSR count). The summed E-state index contributed by atoms with van der Waals surface area (Å²) >= 11 is 0. The average molecular weight is 385 g/mol. The molecular formula is C22H27NO5. The molecule has 0 saturated heterocycles. The topological polar surface area (TPSA) is 73.9 Å². The quantitative estimate of drug-likeness (QED) is 0.781. The number of hydrogen-bond acceptors (Lipinski definition) is 6. The summed E-state index contributed by atoms with van der Waals surface area (Å²) in [6.45, 7) is 5.46. The molecule has 6 nitrogen and oxygen atoms in total. The van der Waals surface area contributed by atoms with Gasteiger partial charge in [-0.1, -0.05) is 0 Å². The first-order valence-electron chi connectivity index (χ1n) is 9.54. The van der Waals surface area contributed by atoms with Crippen LogP contribution < -0.4 is 14.8 Å². The molecule has 0 unspecified atom stereocenters. The smallest absolute Gasteiger partial charge is 0.337 e. The Bertz CT molecular complexity index is 866. The molecule has 28 heavy (non-hydrogen) atoms. The highest BCUT2D eigenvalue weighted by atomic mass is 16.5. The lowest BCUT2D eigenvalue weighted by Gasteiger charge is -2.35. The molecule has 0 spiro atoms. The van der Waals surface area contributed by atoms with Crippen molar-refractivity contribution in [1.82, 2.24) is 5.32 Å². The van der Waals surface area contributed by atoms with Crippen LogP contribution in [0.3, 0.4) is 0 Å². The van der Waals surface area contributed by atoms with E-state index < -0.39 is 11.9 Å². The lowest BCUT2D eigenvalue weighted by molar-refractivity contribution is -0.143. The number of rotatable bonds is 5. The number of hydrogen-bond donors (Lipinski definition) is 1. The summed E-state index contributed by atoms with van der Waals surface area (Å²) in [7, 11) is 3.16. The predicted octanol–water partition coefficient (Wildman–Crippen LogP) is 3.62. The zero-order valence-electron chi connectivity index (χ0n) is 17.0. The first kappa shape index (κ1) is 20.0. The molecule has 0 fully saturated rings. The minimum atomic E-state index is -0.555. The number of benzene rings is 1. The normalized spacial score (nSPS) is 19.4. The van der Waals surface area contributed by atoms with Crippen molar-refractivity contribution < 1.29 is 23.8 Å². The van der Waals surface area contributed by atoms with Crippen LogP contribution in [0, 0.1) is 0 Å². The molecular weight excluding hydrogens is 358 g/mol. The highest BCUT2D eigenvalue weighted by molar-refractivity contribution is 6.04. The van der Waals surface area contributed by atoms with Crippen LogP contribution in [0.15, 0.2) is 40.7 Å². The summed E-state index contributed by atoms with van der Waals surface area (Å²) in [6, 6.07) is 5.42. The van der Waals surface area contributed by atoms with Crippen molar-refractivity contribution in [3.05, 3.63) is 46.3 Å². The Morgan fingerprint density at radius 2 is 1.93 bits per heavy atom. The van der Waals surface area contributed by atoms with E-state index in [4.69, 9.17) is 14.2 Å². The van der Waals surface area contributed by atoms with Crippen molar-refractivity contribution in [2.75, 3.05) is 14.2 Å². The summed E-state index contributed by atoms with van der Waals surface area (Å²) in [5.41, 5.74) is 3.37. The Balaban J connectivity index is 2.23. The Hall–Kier alpha value is -2.76. The summed E-state index contributed by atoms with van der Waals surface area (Å²) in [5.74, 6) is 0.292. The van der Waals surface area contributed by atoms with E-state index in [0.717, 1.165) is 24.1 Å². The molecule has 0 saturated carbocycles. The zero-order valence-corrected chi connectivity index (χ0v) is 17.0. The maximum atomic E-state index is 13.0. The second-order valence-electron chi connectivity index (χ2n) is 7.33. The Morgan fingerprint density at radius 3 is 2.57 bits per heavy atom. The number of ketones is 1. The van der Waals surface area contributed by atoms with Crippen molar-refractivity contribution >= 4 is 11.8 Å². The summed E-state index contributed by atoms with van der Waals surface area (Å²) in [4.78, 5) is 25.9. The number of Topliss-reactive ketones (excluding diaryl/α,β-unsaturated/α-hetero) is 1. The van der Waals surface area contributed by atoms with Gasteiger partial charge in [-0.05, 0) is 51.8 Å². The third-order valence-electron chi connectivity index (χ3n) is 5.09. The van der Waals surface area contributed by atoms with E-state index in [0.29, 0.717) is 34.8 Å². The number of ether oxygens (including phenoxy) is 3. The number of carbonyl (C=O) groups is 2.